The van der Waals surface area contributed by atoms with Crippen molar-refractivity contribution in [2.75, 3.05) is 0 Å². The number of aliphatic hydroxyl groups is 1. The molecule has 1 unspecified atom stereocenters. The molecule has 0 saturated carbocycles. The number of rotatable bonds is 3. The summed E-state index contributed by atoms with van der Waals surface area (Å²) < 4.78 is 1.02. The van der Waals surface area contributed by atoms with Gasteiger partial charge in [0.2, 0.25) is 0 Å². The van der Waals surface area contributed by atoms with E-state index in [0.717, 1.165) is 22.9 Å². The molecule has 0 bridgehead atoms. The maximum atomic E-state index is 9.99. The van der Waals surface area contributed by atoms with E-state index in [2.05, 4.69) is 36.7 Å². The summed E-state index contributed by atoms with van der Waals surface area (Å²) in [7, 11) is 0. The van der Waals surface area contributed by atoms with E-state index in [0.29, 0.717) is 0 Å². The van der Waals surface area contributed by atoms with Crippen LogP contribution in [0.4, 0.5) is 0 Å². The number of aliphatic hydroxyl groups excluding tert-OH is 1. The Labute approximate surface area is 101 Å². The van der Waals surface area contributed by atoms with Crippen LogP contribution in [0.5, 0.6) is 0 Å². The molecule has 0 aliphatic rings. The van der Waals surface area contributed by atoms with Crippen LogP contribution >= 0.6 is 15.9 Å². The quantitative estimate of drug-likeness (QED) is 0.868. The van der Waals surface area contributed by atoms with E-state index in [-0.39, 0.29) is 11.5 Å². The molecule has 0 radical (unpaired) electrons. The number of benzene rings is 1. The van der Waals surface area contributed by atoms with E-state index in [1.165, 1.54) is 0 Å². The van der Waals surface area contributed by atoms with Crippen LogP contribution < -0.4 is 0 Å². The first-order valence-corrected chi connectivity index (χ1v) is 6.11. The summed E-state index contributed by atoms with van der Waals surface area (Å²) in [6, 6.07) is 7.88. The third kappa shape index (κ3) is 4.80. The lowest BCUT2D eigenvalue weighted by Gasteiger charge is -2.20. The highest BCUT2D eigenvalue weighted by atomic mass is 79.9. The van der Waals surface area contributed by atoms with E-state index in [9.17, 15) is 5.11 Å². The van der Waals surface area contributed by atoms with Gasteiger partial charge in [0.1, 0.15) is 0 Å². The molecule has 1 atom stereocenters. The van der Waals surface area contributed by atoms with Gasteiger partial charge in [-0.1, -0.05) is 48.8 Å². The number of hydrogen-bond donors (Lipinski definition) is 1. The van der Waals surface area contributed by atoms with Gasteiger partial charge >= 0.3 is 0 Å². The van der Waals surface area contributed by atoms with E-state index in [1.807, 2.05) is 24.3 Å². The summed E-state index contributed by atoms with van der Waals surface area (Å²) in [6.45, 7) is 6.59. The standard InChI is InChI=1S/C13H19BrO/c1-13(2,3)8-7-12(15)10-5-4-6-11(14)9-10/h4-6,9,12,15H,7-8H2,1-3H3. The van der Waals surface area contributed by atoms with Crippen molar-refractivity contribution in [3.8, 4) is 0 Å². The molecule has 0 aliphatic heterocycles. The van der Waals surface area contributed by atoms with Crippen molar-refractivity contribution in [3.05, 3.63) is 34.3 Å². The average molecular weight is 271 g/mol. The van der Waals surface area contributed by atoms with Crippen molar-refractivity contribution in [1.29, 1.82) is 0 Å². The Bertz CT molecular complexity index is 315. The van der Waals surface area contributed by atoms with E-state index in [4.69, 9.17) is 0 Å². The van der Waals surface area contributed by atoms with Gasteiger partial charge < -0.3 is 5.11 Å². The zero-order valence-electron chi connectivity index (χ0n) is 9.63. The molecule has 0 saturated heterocycles. The first kappa shape index (κ1) is 12.7. The molecule has 84 valence electrons. The smallest absolute Gasteiger partial charge is 0.0790 e. The van der Waals surface area contributed by atoms with Crippen molar-refractivity contribution in [2.45, 2.75) is 39.7 Å². The van der Waals surface area contributed by atoms with Crippen LogP contribution in [-0.2, 0) is 0 Å². The molecule has 0 aromatic heterocycles. The maximum Gasteiger partial charge on any atom is 0.0790 e. The molecule has 15 heavy (non-hydrogen) atoms. The molecule has 0 fully saturated rings. The maximum absolute atomic E-state index is 9.99. The highest BCUT2D eigenvalue weighted by Crippen LogP contribution is 2.28. The Balaban J connectivity index is 2.58. The van der Waals surface area contributed by atoms with Crippen LogP contribution in [0.1, 0.15) is 45.3 Å². The van der Waals surface area contributed by atoms with Crippen LogP contribution in [-0.4, -0.2) is 5.11 Å². The van der Waals surface area contributed by atoms with Gasteiger partial charge in [-0.25, -0.2) is 0 Å². The largest absolute Gasteiger partial charge is 0.388 e. The Morgan fingerprint density at radius 2 is 2.00 bits per heavy atom. The fourth-order valence-electron chi connectivity index (χ4n) is 1.45. The van der Waals surface area contributed by atoms with Crippen LogP contribution in [0.15, 0.2) is 28.7 Å². The van der Waals surface area contributed by atoms with Crippen molar-refractivity contribution in [2.24, 2.45) is 5.41 Å². The summed E-state index contributed by atoms with van der Waals surface area (Å²) in [5, 5.41) is 9.99. The van der Waals surface area contributed by atoms with Crippen LogP contribution in [0.25, 0.3) is 0 Å². The van der Waals surface area contributed by atoms with E-state index >= 15 is 0 Å². The predicted octanol–water partition coefficient (Wildman–Crippen LogP) is 4.31. The summed E-state index contributed by atoms with van der Waals surface area (Å²) >= 11 is 3.41. The zero-order chi connectivity index (χ0) is 11.5. The van der Waals surface area contributed by atoms with Gasteiger partial charge in [-0.15, -0.1) is 0 Å². The second-order valence-corrected chi connectivity index (χ2v) is 6.09. The number of hydrogen-bond acceptors (Lipinski definition) is 1. The molecule has 1 nitrogen and oxygen atoms in total. The second-order valence-electron chi connectivity index (χ2n) is 5.17. The Kier molecular flexibility index (Phi) is 4.35. The number of halogens is 1. The molecular weight excluding hydrogens is 252 g/mol. The third-order valence-corrected chi connectivity index (χ3v) is 2.89. The monoisotopic (exact) mass is 270 g/mol. The summed E-state index contributed by atoms with van der Waals surface area (Å²) in [6.07, 6.45) is 1.50. The Morgan fingerprint density at radius 1 is 1.33 bits per heavy atom. The first-order valence-electron chi connectivity index (χ1n) is 5.32. The van der Waals surface area contributed by atoms with Crippen molar-refractivity contribution < 1.29 is 5.11 Å². The molecule has 1 rings (SSSR count). The molecule has 1 aromatic carbocycles. The first-order chi connectivity index (χ1) is 6.88. The molecule has 0 amide bonds. The van der Waals surface area contributed by atoms with Gasteiger partial charge in [-0.05, 0) is 36.0 Å². The van der Waals surface area contributed by atoms with Gasteiger partial charge in [-0.2, -0.15) is 0 Å². The van der Waals surface area contributed by atoms with Crippen molar-refractivity contribution in [3.63, 3.8) is 0 Å². The highest BCUT2D eigenvalue weighted by molar-refractivity contribution is 9.10. The van der Waals surface area contributed by atoms with Crippen LogP contribution in [0.3, 0.4) is 0 Å². The second kappa shape index (κ2) is 5.13. The minimum atomic E-state index is -0.346. The fraction of sp³-hybridized carbons (Fsp3) is 0.538. The topological polar surface area (TPSA) is 20.2 Å². The Morgan fingerprint density at radius 3 is 2.53 bits per heavy atom. The molecular formula is C13H19BrO. The Hall–Kier alpha value is -0.340. The average Bonchev–Trinajstić information content (AvgIpc) is 2.13. The minimum absolute atomic E-state index is 0.285. The lowest BCUT2D eigenvalue weighted by molar-refractivity contribution is 0.147. The van der Waals surface area contributed by atoms with Crippen molar-refractivity contribution in [1.82, 2.24) is 0 Å². The zero-order valence-corrected chi connectivity index (χ0v) is 11.2. The van der Waals surface area contributed by atoms with Crippen LogP contribution in [0, 0.1) is 5.41 Å². The van der Waals surface area contributed by atoms with Gasteiger partial charge in [0.25, 0.3) is 0 Å². The molecule has 0 aliphatic carbocycles. The molecule has 1 aromatic rings. The summed E-state index contributed by atoms with van der Waals surface area (Å²) in [4.78, 5) is 0. The van der Waals surface area contributed by atoms with Gasteiger partial charge in [-0.3, -0.25) is 0 Å². The van der Waals surface area contributed by atoms with Gasteiger partial charge in [0.05, 0.1) is 6.10 Å². The van der Waals surface area contributed by atoms with E-state index < -0.39 is 0 Å². The van der Waals surface area contributed by atoms with Crippen LogP contribution in [0.2, 0.25) is 0 Å². The minimum Gasteiger partial charge on any atom is -0.388 e. The lowest BCUT2D eigenvalue weighted by Crippen LogP contribution is -2.08. The molecule has 2 heteroatoms. The SMILES string of the molecule is CC(C)(C)CCC(O)c1cccc(Br)c1. The fourth-order valence-corrected chi connectivity index (χ4v) is 1.87. The normalized spacial score (nSPS) is 13.9. The predicted molar refractivity (Wildman–Crippen MR) is 67.8 cm³/mol. The van der Waals surface area contributed by atoms with Crippen molar-refractivity contribution >= 4 is 15.9 Å². The molecule has 0 heterocycles. The summed E-state index contributed by atoms with van der Waals surface area (Å²) in [5.41, 5.74) is 1.28. The molecule has 1 N–H and O–H groups in total. The van der Waals surface area contributed by atoms with E-state index in [1.54, 1.807) is 0 Å². The summed E-state index contributed by atoms with van der Waals surface area (Å²) in [5.74, 6) is 0. The lowest BCUT2D eigenvalue weighted by atomic mass is 9.88. The highest BCUT2D eigenvalue weighted by Gasteiger charge is 2.14. The molecule has 0 spiro atoms. The van der Waals surface area contributed by atoms with Gasteiger partial charge in [0.15, 0.2) is 0 Å². The third-order valence-electron chi connectivity index (χ3n) is 2.40. The van der Waals surface area contributed by atoms with Gasteiger partial charge in [0, 0.05) is 4.47 Å².